The van der Waals surface area contributed by atoms with Gasteiger partial charge < -0.3 is 19.4 Å². The van der Waals surface area contributed by atoms with Gasteiger partial charge in [0, 0.05) is 19.5 Å². The number of nitrogens with one attached hydrogen (secondary N) is 1. The number of aryl methyl sites for hydroxylation is 2. The fourth-order valence-corrected chi connectivity index (χ4v) is 4.07. The Kier molecular flexibility index (Phi) is 7.81. The molecule has 1 amide bonds. The fraction of sp³-hybridized carbons (Fsp3) is 0.286. The molecule has 4 rings (SSSR count). The number of carbonyl (C=O) groups excluding carboxylic acids is 1. The van der Waals surface area contributed by atoms with Crippen molar-refractivity contribution in [1.82, 2.24) is 14.9 Å². The van der Waals surface area contributed by atoms with Gasteiger partial charge in [-0.25, -0.2) is 4.98 Å². The van der Waals surface area contributed by atoms with Crippen LogP contribution in [0.4, 0.5) is 0 Å². The Hall–Kier alpha value is -3.80. The Bertz CT molecular complexity index is 1250. The minimum atomic E-state index is 0.0298. The van der Waals surface area contributed by atoms with Crippen molar-refractivity contribution in [2.75, 3.05) is 20.3 Å². The molecule has 6 nitrogen and oxygen atoms in total. The van der Waals surface area contributed by atoms with E-state index >= 15 is 0 Å². The van der Waals surface area contributed by atoms with E-state index in [1.807, 2.05) is 73.7 Å². The summed E-state index contributed by atoms with van der Waals surface area (Å²) in [7, 11) is 1.64. The van der Waals surface area contributed by atoms with Crippen LogP contribution in [-0.2, 0) is 24.2 Å². The lowest BCUT2D eigenvalue weighted by molar-refractivity contribution is -0.120. The van der Waals surface area contributed by atoms with E-state index in [-0.39, 0.29) is 5.91 Å². The van der Waals surface area contributed by atoms with Crippen molar-refractivity contribution in [2.24, 2.45) is 0 Å². The van der Waals surface area contributed by atoms with Crippen LogP contribution in [0.25, 0.3) is 11.0 Å². The first kappa shape index (κ1) is 23.4. The van der Waals surface area contributed by atoms with Crippen molar-refractivity contribution in [1.29, 1.82) is 0 Å². The first-order valence-corrected chi connectivity index (χ1v) is 11.7. The number of imidazole rings is 1. The molecule has 0 spiro atoms. The highest BCUT2D eigenvalue weighted by Crippen LogP contribution is 2.26. The number of para-hydroxylation sites is 4. The Balaban J connectivity index is 1.35. The molecule has 1 N–H and O–H groups in total. The molecule has 3 aromatic carbocycles. The number of carbonyl (C=O) groups is 1. The summed E-state index contributed by atoms with van der Waals surface area (Å²) in [6, 6.07) is 23.8. The molecule has 1 heterocycles. The number of benzene rings is 3. The predicted octanol–water partition coefficient (Wildman–Crippen LogP) is 4.72. The number of rotatable bonds is 11. The van der Waals surface area contributed by atoms with E-state index in [9.17, 15) is 4.79 Å². The topological polar surface area (TPSA) is 65.4 Å². The van der Waals surface area contributed by atoms with E-state index in [1.54, 1.807) is 7.11 Å². The fourth-order valence-electron chi connectivity index (χ4n) is 4.07. The molecule has 6 heteroatoms. The van der Waals surface area contributed by atoms with Crippen LogP contribution in [0.2, 0.25) is 0 Å². The van der Waals surface area contributed by atoms with Crippen molar-refractivity contribution >= 4 is 16.9 Å². The number of amides is 1. The number of fused-ring (bicyclic) bond motifs is 1. The second-order valence-corrected chi connectivity index (χ2v) is 8.22. The van der Waals surface area contributed by atoms with Crippen molar-refractivity contribution in [2.45, 2.75) is 32.7 Å². The third-order valence-corrected chi connectivity index (χ3v) is 5.87. The van der Waals surface area contributed by atoms with Gasteiger partial charge in [-0.1, -0.05) is 48.5 Å². The monoisotopic (exact) mass is 457 g/mol. The molecule has 0 aliphatic heterocycles. The number of methoxy groups -OCH3 is 1. The van der Waals surface area contributed by atoms with Crippen LogP contribution in [-0.4, -0.2) is 35.7 Å². The summed E-state index contributed by atoms with van der Waals surface area (Å²) >= 11 is 0. The summed E-state index contributed by atoms with van der Waals surface area (Å²) in [5.74, 6) is 2.48. The quantitative estimate of drug-likeness (QED) is 0.331. The summed E-state index contributed by atoms with van der Waals surface area (Å²) in [6.45, 7) is 3.93. The molecule has 0 fully saturated rings. The second kappa shape index (κ2) is 11.4. The average Bonchev–Trinajstić information content (AvgIpc) is 3.21. The van der Waals surface area contributed by atoms with Gasteiger partial charge >= 0.3 is 0 Å². The summed E-state index contributed by atoms with van der Waals surface area (Å²) in [6.07, 6.45) is 1.88. The minimum absolute atomic E-state index is 0.0298. The van der Waals surface area contributed by atoms with Gasteiger partial charge in [-0.3, -0.25) is 4.79 Å². The first-order chi connectivity index (χ1) is 16.7. The van der Waals surface area contributed by atoms with Crippen LogP contribution < -0.4 is 14.8 Å². The smallest absolute Gasteiger partial charge is 0.224 e. The molecule has 0 saturated heterocycles. The predicted molar refractivity (Wildman–Crippen MR) is 134 cm³/mol. The number of nitrogens with zero attached hydrogens (tertiary/aromatic N) is 2. The highest BCUT2D eigenvalue weighted by Gasteiger charge is 2.12. The number of hydrogen-bond acceptors (Lipinski definition) is 4. The number of hydrogen-bond donors (Lipinski definition) is 1. The van der Waals surface area contributed by atoms with Gasteiger partial charge in [0.25, 0.3) is 0 Å². The van der Waals surface area contributed by atoms with Crippen LogP contribution in [0, 0.1) is 6.92 Å². The van der Waals surface area contributed by atoms with Crippen molar-refractivity contribution in [3.63, 3.8) is 0 Å². The van der Waals surface area contributed by atoms with Gasteiger partial charge in [0.15, 0.2) is 11.5 Å². The molecular weight excluding hydrogens is 426 g/mol. The van der Waals surface area contributed by atoms with E-state index in [2.05, 4.69) is 16.0 Å². The molecule has 0 aliphatic carbocycles. The van der Waals surface area contributed by atoms with E-state index in [0.29, 0.717) is 26.0 Å². The van der Waals surface area contributed by atoms with Crippen molar-refractivity contribution < 1.29 is 14.3 Å². The Labute approximate surface area is 200 Å². The number of ether oxygens (including phenoxy) is 2. The molecule has 0 bridgehead atoms. The lowest BCUT2D eigenvalue weighted by atomic mass is 10.1. The van der Waals surface area contributed by atoms with Gasteiger partial charge in [-0.15, -0.1) is 0 Å². The van der Waals surface area contributed by atoms with Crippen LogP contribution >= 0.6 is 0 Å². The SMILES string of the molecule is COc1ccccc1OCCCn1c(CCNC(=O)Cc2ccccc2C)nc2ccccc21. The van der Waals surface area contributed by atoms with Gasteiger partial charge in [0.2, 0.25) is 5.91 Å². The molecular formula is C28H31N3O3. The van der Waals surface area contributed by atoms with Crippen LogP contribution in [0.15, 0.2) is 72.8 Å². The molecule has 34 heavy (non-hydrogen) atoms. The maximum absolute atomic E-state index is 12.4. The Morgan fingerprint density at radius 2 is 1.71 bits per heavy atom. The zero-order valence-electron chi connectivity index (χ0n) is 19.8. The lowest BCUT2D eigenvalue weighted by Crippen LogP contribution is -2.28. The first-order valence-electron chi connectivity index (χ1n) is 11.7. The van der Waals surface area contributed by atoms with Gasteiger partial charge in [-0.05, 0) is 48.7 Å². The van der Waals surface area contributed by atoms with Gasteiger partial charge in [0.05, 0.1) is 31.2 Å². The molecule has 4 aromatic rings. The maximum Gasteiger partial charge on any atom is 0.224 e. The van der Waals surface area contributed by atoms with Crippen molar-refractivity contribution in [3.05, 3.63) is 89.7 Å². The molecule has 0 saturated carbocycles. The van der Waals surface area contributed by atoms with Crippen molar-refractivity contribution in [3.8, 4) is 11.5 Å². The van der Waals surface area contributed by atoms with Crippen LogP contribution in [0.1, 0.15) is 23.4 Å². The molecule has 0 radical (unpaired) electrons. The van der Waals surface area contributed by atoms with E-state index in [0.717, 1.165) is 52.4 Å². The van der Waals surface area contributed by atoms with Crippen LogP contribution in [0.5, 0.6) is 11.5 Å². The number of aromatic nitrogens is 2. The third-order valence-electron chi connectivity index (χ3n) is 5.87. The molecule has 176 valence electrons. The Morgan fingerprint density at radius 1 is 0.971 bits per heavy atom. The Morgan fingerprint density at radius 3 is 2.53 bits per heavy atom. The normalized spacial score (nSPS) is 10.9. The van der Waals surface area contributed by atoms with E-state index in [1.165, 1.54) is 0 Å². The lowest BCUT2D eigenvalue weighted by Gasteiger charge is -2.12. The van der Waals surface area contributed by atoms with Gasteiger partial charge in [-0.2, -0.15) is 0 Å². The zero-order valence-corrected chi connectivity index (χ0v) is 19.8. The molecule has 1 aromatic heterocycles. The summed E-state index contributed by atoms with van der Waals surface area (Å²) < 4.78 is 13.5. The zero-order chi connectivity index (χ0) is 23.8. The van der Waals surface area contributed by atoms with Gasteiger partial charge in [0.1, 0.15) is 5.82 Å². The van der Waals surface area contributed by atoms with Crippen LogP contribution in [0.3, 0.4) is 0 Å². The standard InChI is InChI=1S/C28H31N3O3/c1-21-10-3-4-11-22(21)20-28(32)29-17-16-27-30-23-12-5-6-13-24(23)31(27)18-9-19-34-26-15-8-7-14-25(26)33-2/h3-8,10-15H,9,16-20H2,1-2H3,(H,29,32). The summed E-state index contributed by atoms with van der Waals surface area (Å²) in [5, 5.41) is 3.05. The highest BCUT2D eigenvalue weighted by atomic mass is 16.5. The largest absolute Gasteiger partial charge is 0.493 e. The minimum Gasteiger partial charge on any atom is -0.493 e. The van der Waals surface area contributed by atoms with E-state index < -0.39 is 0 Å². The molecule has 0 aliphatic rings. The molecule has 0 atom stereocenters. The second-order valence-electron chi connectivity index (χ2n) is 8.22. The molecule has 0 unspecified atom stereocenters. The summed E-state index contributed by atoms with van der Waals surface area (Å²) in [4.78, 5) is 17.3. The summed E-state index contributed by atoms with van der Waals surface area (Å²) in [5.41, 5.74) is 4.26. The highest BCUT2D eigenvalue weighted by molar-refractivity contribution is 5.79. The average molecular weight is 458 g/mol. The van der Waals surface area contributed by atoms with E-state index in [4.69, 9.17) is 14.5 Å². The third kappa shape index (κ3) is 5.76. The maximum atomic E-state index is 12.4.